The number of halogens is 3. The number of carbonyl (C=O) groups excluding carboxylic acids is 3. The van der Waals surface area contributed by atoms with Gasteiger partial charge in [0.1, 0.15) is 17.6 Å². The highest BCUT2D eigenvalue weighted by Crippen LogP contribution is 2.24. The van der Waals surface area contributed by atoms with Crippen molar-refractivity contribution < 1.29 is 27.6 Å². The van der Waals surface area contributed by atoms with Crippen molar-refractivity contribution in [2.75, 3.05) is 16.9 Å². The Morgan fingerprint density at radius 3 is 2.40 bits per heavy atom. The maximum Gasteiger partial charge on any atom is 0.268 e. The van der Waals surface area contributed by atoms with Gasteiger partial charge in [-0.3, -0.25) is 19.4 Å². The number of primary amides is 1. The molecule has 0 bridgehead atoms. The lowest BCUT2D eigenvalue weighted by molar-refractivity contribution is -0.120. The van der Waals surface area contributed by atoms with Gasteiger partial charge in [-0.2, -0.15) is 5.10 Å². The van der Waals surface area contributed by atoms with Crippen LogP contribution in [-0.2, 0) is 14.4 Å². The summed E-state index contributed by atoms with van der Waals surface area (Å²) in [5.41, 5.74) is 5.69. The fourth-order valence-corrected chi connectivity index (χ4v) is 2.74. The molecule has 0 fully saturated rings. The summed E-state index contributed by atoms with van der Waals surface area (Å²) >= 11 is 0. The Morgan fingerprint density at radius 1 is 1.07 bits per heavy atom. The van der Waals surface area contributed by atoms with Crippen LogP contribution in [0.5, 0.6) is 0 Å². The van der Waals surface area contributed by atoms with Crippen LogP contribution in [0.4, 0.5) is 24.5 Å². The highest BCUT2D eigenvalue weighted by molar-refractivity contribution is 6.40. The lowest BCUT2D eigenvalue weighted by Gasteiger charge is -2.20. The van der Waals surface area contributed by atoms with Crippen molar-refractivity contribution in [1.82, 2.24) is 5.32 Å². The monoisotopic (exact) mass is 419 g/mol. The molecular weight excluding hydrogens is 403 g/mol. The van der Waals surface area contributed by atoms with Gasteiger partial charge in [-0.05, 0) is 36.4 Å². The highest BCUT2D eigenvalue weighted by Gasteiger charge is 2.35. The van der Waals surface area contributed by atoms with E-state index in [0.29, 0.717) is 5.69 Å². The normalized spacial score (nSPS) is 15.5. The molecule has 0 aromatic heterocycles. The molecule has 11 heteroatoms. The zero-order valence-electron chi connectivity index (χ0n) is 15.4. The van der Waals surface area contributed by atoms with E-state index in [9.17, 15) is 27.6 Å². The number of hydrogen-bond acceptors (Lipinski definition) is 5. The van der Waals surface area contributed by atoms with Gasteiger partial charge in [0, 0.05) is 18.2 Å². The summed E-state index contributed by atoms with van der Waals surface area (Å²) in [5, 5.41) is 9.90. The Balaban J connectivity index is 1.63. The molecule has 3 amide bonds. The predicted octanol–water partition coefficient (Wildman–Crippen LogP) is 1.28. The van der Waals surface area contributed by atoms with Crippen molar-refractivity contribution in [2.24, 2.45) is 10.8 Å². The van der Waals surface area contributed by atoms with Gasteiger partial charge in [0.15, 0.2) is 11.6 Å². The minimum atomic E-state index is -1.13. The van der Waals surface area contributed by atoms with Gasteiger partial charge in [0.2, 0.25) is 11.8 Å². The zero-order valence-corrected chi connectivity index (χ0v) is 15.4. The standard InChI is InChI=1S/C19H16F3N5O3/c20-10-1-4-12(5-2-10)27-16(18(23)29)8-15(26-27)19(30)24-9-17(28)25-11-3-6-13(21)14(22)7-11/h1-7,16H,8-9H2,(H2,23,29)(H,24,30)(H,25,28)/t16-/m0/s1. The van der Waals surface area contributed by atoms with E-state index >= 15 is 0 Å². The molecule has 0 saturated heterocycles. The predicted molar refractivity (Wildman–Crippen MR) is 102 cm³/mol. The van der Waals surface area contributed by atoms with E-state index in [1.54, 1.807) is 0 Å². The van der Waals surface area contributed by atoms with Crippen LogP contribution in [0.25, 0.3) is 0 Å². The third kappa shape index (κ3) is 4.74. The van der Waals surface area contributed by atoms with Crippen molar-refractivity contribution in [3.8, 4) is 0 Å². The van der Waals surface area contributed by atoms with Gasteiger partial charge >= 0.3 is 0 Å². The van der Waals surface area contributed by atoms with Gasteiger partial charge in [0.25, 0.3) is 5.91 Å². The van der Waals surface area contributed by atoms with E-state index in [1.165, 1.54) is 29.3 Å². The Bertz CT molecular complexity index is 1030. The van der Waals surface area contributed by atoms with E-state index in [2.05, 4.69) is 15.7 Å². The second kappa shape index (κ2) is 8.64. The number of rotatable bonds is 6. The van der Waals surface area contributed by atoms with Crippen LogP contribution in [0.15, 0.2) is 47.6 Å². The van der Waals surface area contributed by atoms with Gasteiger partial charge in [-0.25, -0.2) is 13.2 Å². The molecule has 0 unspecified atom stereocenters. The van der Waals surface area contributed by atoms with Gasteiger partial charge in [0.05, 0.1) is 12.2 Å². The third-order valence-corrected chi connectivity index (χ3v) is 4.20. The van der Waals surface area contributed by atoms with Gasteiger partial charge in [-0.15, -0.1) is 0 Å². The third-order valence-electron chi connectivity index (χ3n) is 4.20. The average Bonchev–Trinajstić information content (AvgIpc) is 3.15. The molecule has 2 aromatic rings. The van der Waals surface area contributed by atoms with E-state index in [0.717, 1.165) is 18.2 Å². The number of hydrogen-bond donors (Lipinski definition) is 3. The number of nitrogens with one attached hydrogen (secondary N) is 2. The lowest BCUT2D eigenvalue weighted by Crippen LogP contribution is -2.40. The minimum absolute atomic E-state index is 0.0163. The molecule has 0 aliphatic carbocycles. The summed E-state index contributed by atoms with van der Waals surface area (Å²) in [6.45, 7) is -0.478. The summed E-state index contributed by atoms with van der Waals surface area (Å²) in [6, 6.07) is 6.96. The first-order valence-electron chi connectivity index (χ1n) is 8.69. The Labute approximate surface area is 168 Å². The van der Waals surface area contributed by atoms with E-state index in [4.69, 9.17) is 5.73 Å². The van der Waals surface area contributed by atoms with Crippen molar-refractivity contribution in [1.29, 1.82) is 0 Å². The summed E-state index contributed by atoms with van der Waals surface area (Å²) in [7, 11) is 0. The van der Waals surface area contributed by atoms with Gasteiger partial charge in [-0.1, -0.05) is 0 Å². The maximum absolute atomic E-state index is 13.2. The first kappa shape index (κ1) is 20.8. The Morgan fingerprint density at radius 2 is 1.77 bits per heavy atom. The molecule has 3 rings (SSSR count). The molecule has 2 aromatic carbocycles. The van der Waals surface area contributed by atoms with Crippen LogP contribution < -0.4 is 21.4 Å². The van der Waals surface area contributed by atoms with E-state index in [1.807, 2.05) is 0 Å². The van der Waals surface area contributed by atoms with Crippen molar-refractivity contribution in [3.05, 3.63) is 59.9 Å². The molecule has 1 aliphatic rings. The molecule has 0 radical (unpaired) electrons. The summed E-state index contributed by atoms with van der Waals surface area (Å²) in [4.78, 5) is 36.0. The summed E-state index contributed by atoms with van der Waals surface area (Å²) in [6.07, 6.45) is -0.108. The molecule has 0 saturated carbocycles. The summed E-state index contributed by atoms with van der Waals surface area (Å²) < 4.78 is 39.2. The van der Waals surface area contributed by atoms with Crippen molar-refractivity contribution in [2.45, 2.75) is 12.5 Å². The van der Waals surface area contributed by atoms with Gasteiger partial charge < -0.3 is 16.4 Å². The molecule has 0 spiro atoms. The fraction of sp³-hybridized carbons (Fsp3) is 0.158. The Hall–Kier alpha value is -3.89. The van der Waals surface area contributed by atoms with Crippen LogP contribution >= 0.6 is 0 Å². The lowest BCUT2D eigenvalue weighted by atomic mass is 10.1. The van der Waals surface area contributed by atoms with E-state index in [-0.39, 0.29) is 17.8 Å². The maximum atomic E-state index is 13.2. The molecule has 156 valence electrons. The van der Waals surface area contributed by atoms with Crippen LogP contribution in [-0.4, -0.2) is 36.0 Å². The smallest absolute Gasteiger partial charge is 0.268 e. The first-order chi connectivity index (χ1) is 14.2. The number of nitrogens with two attached hydrogens (primary N) is 1. The molecular formula is C19H16F3N5O3. The average molecular weight is 419 g/mol. The first-order valence-corrected chi connectivity index (χ1v) is 8.69. The quantitative estimate of drug-likeness (QED) is 0.654. The van der Waals surface area contributed by atoms with Crippen molar-refractivity contribution in [3.63, 3.8) is 0 Å². The van der Waals surface area contributed by atoms with E-state index < -0.39 is 47.8 Å². The molecule has 1 aliphatic heterocycles. The number of benzene rings is 2. The molecule has 4 N–H and O–H groups in total. The minimum Gasteiger partial charge on any atom is -0.368 e. The fourth-order valence-electron chi connectivity index (χ4n) is 2.74. The molecule has 8 nitrogen and oxygen atoms in total. The molecule has 30 heavy (non-hydrogen) atoms. The van der Waals surface area contributed by atoms with Crippen LogP contribution in [0.1, 0.15) is 6.42 Å². The SMILES string of the molecule is NC(=O)[C@@H]1CC(C(=O)NCC(=O)Nc2ccc(F)c(F)c2)=NN1c1ccc(F)cc1. The second-order valence-corrected chi connectivity index (χ2v) is 6.35. The topological polar surface area (TPSA) is 117 Å². The van der Waals surface area contributed by atoms with Crippen LogP contribution in [0.2, 0.25) is 0 Å². The van der Waals surface area contributed by atoms with Crippen LogP contribution in [0, 0.1) is 17.5 Å². The largest absolute Gasteiger partial charge is 0.368 e. The number of hydrazone groups is 1. The highest BCUT2D eigenvalue weighted by atomic mass is 19.2. The van der Waals surface area contributed by atoms with Crippen LogP contribution in [0.3, 0.4) is 0 Å². The summed E-state index contributed by atoms with van der Waals surface area (Å²) in [5.74, 6) is -4.81. The number of carbonyl (C=O) groups is 3. The molecule has 1 atom stereocenters. The number of nitrogens with zero attached hydrogens (tertiary/aromatic N) is 2. The zero-order chi connectivity index (χ0) is 21.8. The van der Waals surface area contributed by atoms with Crippen molar-refractivity contribution >= 4 is 34.8 Å². The Kier molecular flexibility index (Phi) is 6.00. The number of amides is 3. The second-order valence-electron chi connectivity index (χ2n) is 6.35. The molecule has 1 heterocycles. The number of anilines is 2.